The fourth-order valence-corrected chi connectivity index (χ4v) is 1.38. The largest absolute Gasteiger partial charge is 0.383 e. The Morgan fingerprint density at radius 2 is 2.36 bits per heavy atom. The summed E-state index contributed by atoms with van der Waals surface area (Å²) < 4.78 is 0. The second kappa shape index (κ2) is 2.05. The van der Waals surface area contributed by atoms with E-state index in [1.165, 1.54) is 0 Å². The number of rotatable bonds is 1. The van der Waals surface area contributed by atoms with Crippen LogP contribution >= 0.6 is 0 Å². The highest BCUT2D eigenvalue weighted by atomic mass is 16.3. The van der Waals surface area contributed by atoms with Crippen LogP contribution < -0.4 is 0 Å². The predicted molar refractivity (Wildman–Crippen MR) is 41.9 cm³/mol. The molecule has 1 fully saturated rings. The van der Waals surface area contributed by atoms with E-state index in [0.29, 0.717) is 5.92 Å². The summed E-state index contributed by atoms with van der Waals surface area (Å²) >= 11 is 0. The van der Waals surface area contributed by atoms with Gasteiger partial charge in [0.15, 0.2) is 0 Å². The lowest BCUT2D eigenvalue weighted by Gasteiger charge is -2.06. The highest BCUT2D eigenvalue weighted by Crippen LogP contribution is 2.50. The van der Waals surface area contributed by atoms with Crippen molar-refractivity contribution in [2.24, 2.45) is 5.92 Å². The molecule has 0 aliphatic heterocycles. The van der Waals surface area contributed by atoms with E-state index in [9.17, 15) is 5.11 Å². The molecule has 1 aromatic rings. The topological polar surface area (TPSA) is 33.1 Å². The van der Waals surface area contributed by atoms with Crippen LogP contribution in [0.15, 0.2) is 24.4 Å². The molecule has 2 nitrogen and oxygen atoms in total. The van der Waals surface area contributed by atoms with Gasteiger partial charge in [0.05, 0.1) is 5.69 Å². The number of aromatic nitrogens is 1. The smallest absolute Gasteiger partial charge is 0.109 e. The summed E-state index contributed by atoms with van der Waals surface area (Å²) in [6, 6.07) is 5.65. The van der Waals surface area contributed by atoms with Crippen molar-refractivity contribution in [2.45, 2.75) is 18.9 Å². The molecule has 2 rings (SSSR count). The maximum Gasteiger partial charge on any atom is 0.109 e. The van der Waals surface area contributed by atoms with Gasteiger partial charge in [0.1, 0.15) is 5.60 Å². The molecule has 1 aromatic heterocycles. The molecule has 2 atom stereocenters. The van der Waals surface area contributed by atoms with E-state index >= 15 is 0 Å². The van der Waals surface area contributed by atoms with E-state index in [0.717, 1.165) is 12.1 Å². The Labute approximate surface area is 65.9 Å². The Morgan fingerprint density at radius 1 is 1.64 bits per heavy atom. The molecule has 11 heavy (non-hydrogen) atoms. The van der Waals surface area contributed by atoms with E-state index in [1.54, 1.807) is 6.20 Å². The SMILES string of the molecule is C[C@H]1C[C@]1(O)c1ccccn1. The molecular weight excluding hydrogens is 138 g/mol. The van der Waals surface area contributed by atoms with Crippen molar-refractivity contribution in [3.8, 4) is 0 Å². The highest BCUT2D eigenvalue weighted by molar-refractivity contribution is 5.21. The predicted octanol–water partition coefficient (Wildman–Crippen LogP) is 1.31. The summed E-state index contributed by atoms with van der Waals surface area (Å²) in [7, 11) is 0. The van der Waals surface area contributed by atoms with E-state index in [-0.39, 0.29) is 0 Å². The van der Waals surface area contributed by atoms with Gasteiger partial charge in [-0.3, -0.25) is 4.98 Å². The maximum atomic E-state index is 9.81. The van der Waals surface area contributed by atoms with Gasteiger partial charge in [-0.05, 0) is 24.5 Å². The van der Waals surface area contributed by atoms with Gasteiger partial charge in [-0.2, -0.15) is 0 Å². The molecule has 1 saturated carbocycles. The highest BCUT2D eigenvalue weighted by Gasteiger charge is 2.52. The van der Waals surface area contributed by atoms with Crippen LogP contribution in [0.3, 0.4) is 0 Å². The number of hydrogen-bond acceptors (Lipinski definition) is 2. The minimum Gasteiger partial charge on any atom is -0.383 e. The molecule has 0 radical (unpaired) electrons. The summed E-state index contributed by atoms with van der Waals surface area (Å²) in [4.78, 5) is 4.11. The molecule has 58 valence electrons. The molecule has 0 spiro atoms. The van der Waals surface area contributed by atoms with Gasteiger partial charge in [-0.25, -0.2) is 0 Å². The van der Waals surface area contributed by atoms with Crippen LogP contribution in [0, 0.1) is 5.92 Å². The van der Waals surface area contributed by atoms with Crippen LogP contribution in [-0.4, -0.2) is 10.1 Å². The molecule has 0 bridgehead atoms. The number of nitrogens with zero attached hydrogens (tertiary/aromatic N) is 1. The van der Waals surface area contributed by atoms with E-state index in [1.807, 2.05) is 25.1 Å². The Balaban J connectivity index is 2.32. The van der Waals surface area contributed by atoms with Crippen LogP contribution in [0.25, 0.3) is 0 Å². The molecule has 2 heteroatoms. The third-order valence-electron chi connectivity index (χ3n) is 2.38. The molecule has 1 aliphatic rings. The van der Waals surface area contributed by atoms with Crippen molar-refractivity contribution >= 4 is 0 Å². The average molecular weight is 149 g/mol. The van der Waals surface area contributed by atoms with Gasteiger partial charge in [0, 0.05) is 6.20 Å². The first-order valence-corrected chi connectivity index (χ1v) is 3.87. The monoisotopic (exact) mass is 149 g/mol. The van der Waals surface area contributed by atoms with Crippen molar-refractivity contribution in [3.63, 3.8) is 0 Å². The van der Waals surface area contributed by atoms with Gasteiger partial charge in [0.2, 0.25) is 0 Å². The van der Waals surface area contributed by atoms with Crippen LogP contribution in [0.4, 0.5) is 0 Å². The van der Waals surface area contributed by atoms with Gasteiger partial charge in [0.25, 0.3) is 0 Å². The molecule has 1 N–H and O–H groups in total. The van der Waals surface area contributed by atoms with Crippen molar-refractivity contribution in [2.75, 3.05) is 0 Å². The lowest BCUT2D eigenvalue weighted by atomic mass is 10.2. The maximum absolute atomic E-state index is 9.81. The number of pyridine rings is 1. The molecule has 0 amide bonds. The lowest BCUT2D eigenvalue weighted by Crippen LogP contribution is -2.09. The first-order chi connectivity index (χ1) is 5.23. The van der Waals surface area contributed by atoms with Crippen LogP contribution in [0.2, 0.25) is 0 Å². The zero-order valence-corrected chi connectivity index (χ0v) is 6.49. The summed E-state index contributed by atoms with van der Waals surface area (Å²) in [5.41, 5.74) is 0.203. The number of hydrogen-bond donors (Lipinski definition) is 1. The minimum absolute atomic E-state index is 0.373. The van der Waals surface area contributed by atoms with Crippen molar-refractivity contribution in [3.05, 3.63) is 30.1 Å². The Kier molecular flexibility index (Phi) is 1.26. The second-order valence-corrected chi connectivity index (χ2v) is 3.24. The van der Waals surface area contributed by atoms with Gasteiger partial charge >= 0.3 is 0 Å². The van der Waals surface area contributed by atoms with Crippen molar-refractivity contribution in [1.29, 1.82) is 0 Å². The van der Waals surface area contributed by atoms with Crippen molar-refractivity contribution < 1.29 is 5.11 Å². The van der Waals surface area contributed by atoms with Crippen LogP contribution in [0.1, 0.15) is 19.0 Å². The van der Waals surface area contributed by atoms with Crippen LogP contribution in [0.5, 0.6) is 0 Å². The third-order valence-corrected chi connectivity index (χ3v) is 2.38. The van der Waals surface area contributed by atoms with E-state index < -0.39 is 5.60 Å². The normalized spacial score (nSPS) is 35.3. The number of aliphatic hydroxyl groups is 1. The van der Waals surface area contributed by atoms with Gasteiger partial charge in [-0.1, -0.05) is 13.0 Å². The zero-order chi connectivity index (χ0) is 7.90. The quantitative estimate of drug-likeness (QED) is 0.653. The summed E-state index contributed by atoms with van der Waals surface area (Å²) in [5.74, 6) is 0.373. The van der Waals surface area contributed by atoms with Crippen LogP contribution in [-0.2, 0) is 5.60 Å². The molecule has 0 saturated heterocycles. The van der Waals surface area contributed by atoms with E-state index in [2.05, 4.69) is 4.98 Å². The Hall–Kier alpha value is -0.890. The fraction of sp³-hybridized carbons (Fsp3) is 0.444. The standard InChI is InChI=1S/C9H11NO/c1-7-6-9(7,11)8-4-2-3-5-10-8/h2-5,7,11H,6H2,1H3/t7-,9+/m0/s1. The zero-order valence-electron chi connectivity index (χ0n) is 6.49. The Bertz CT molecular complexity index is 260. The third kappa shape index (κ3) is 0.942. The Morgan fingerprint density at radius 3 is 2.82 bits per heavy atom. The van der Waals surface area contributed by atoms with Gasteiger partial charge < -0.3 is 5.11 Å². The first kappa shape index (κ1) is 6.80. The molecule has 1 heterocycles. The fourth-order valence-electron chi connectivity index (χ4n) is 1.38. The molecule has 1 aliphatic carbocycles. The van der Waals surface area contributed by atoms with Crippen molar-refractivity contribution in [1.82, 2.24) is 4.98 Å². The molecular formula is C9H11NO. The first-order valence-electron chi connectivity index (χ1n) is 3.87. The summed E-state index contributed by atoms with van der Waals surface area (Å²) in [6.45, 7) is 2.04. The van der Waals surface area contributed by atoms with Gasteiger partial charge in [-0.15, -0.1) is 0 Å². The summed E-state index contributed by atoms with van der Waals surface area (Å²) in [6.07, 6.45) is 2.57. The molecule has 0 aromatic carbocycles. The summed E-state index contributed by atoms with van der Waals surface area (Å²) in [5, 5.41) is 9.81. The minimum atomic E-state index is -0.610. The second-order valence-electron chi connectivity index (χ2n) is 3.24. The van der Waals surface area contributed by atoms with E-state index in [4.69, 9.17) is 0 Å². The average Bonchev–Trinajstić information content (AvgIpc) is 2.64. The lowest BCUT2D eigenvalue weighted by molar-refractivity contribution is 0.130. The molecule has 0 unspecified atom stereocenters.